The highest BCUT2D eigenvalue weighted by Gasteiger charge is 2.31. The number of hydrogen-bond acceptors (Lipinski definition) is 2. The number of aromatic nitrogens is 1. The summed E-state index contributed by atoms with van der Waals surface area (Å²) in [6, 6.07) is 7.16. The van der Waals surface area contributed by atoms with Gasteiger partial charge in [-0.3, -0.25) is 4.98 Å². The zero-order valence-corrected chi connectivity index (χ0v) is 11.2. The van der Waals surface area contributed by atoms with E-state index >= 15 is 0 Å². The van der Waals surface area contributed by atoms with E-state index < -0.39 is 11.7 Å². The Bertz CT molecular complexity index is 570. The summed E-state index contributed by atoms with van der Waals surface area (Å²) in [4.78, 5) is 3.97. The number of anilines is 1. The van der Waals surface area contributed by atoms with Gasteiger partial charge in [0, 0.05) is 29.6 Å². The summed E-state index contributed by atoms with van der Waals surface area (Å²) < 4.78 is 37.9. The molecule has 1 aromatic carbocycles. The van der Waals surface area contributed by atoms with Crippen LogP contribution in [0.25, 0.3) is 0 Å². The van der Waals surface area contributed by atoms with Crippen molar-refractivity contribution in [3.63, 3.8) is 0 Å². The third-order valence-electron chi connectivity index (χ3n) is 2.69. The van der Waals surface area contributed by atoms with Gasteiger partial charge in [-0.25, -0.2) is 0 Å². The highest BCUT2D eigenvalue weighted by molar-refractivity contribution is 6.30. The predicted molar refractivity (Wildman–Crippen MR) is 72.9 cm³/mol. The van der Waals surface area contributed by atoms with Crippen molar-refractivity contribution in [2.75, 3.05) is 11.9 Å². The van der Waals surface area contributed by atoms with E-state index in [-0.39, 0.29) is 5.02 Å². The number of halogens is 4. The van der Waals surface area contributed by atoms with Crippen molar-refractivity contribution in [3.8, 4) is 0 Å². The van der Waals surface area contributed by atoms with Crippen LogP contribution >= 0.6 is 11.6 Å². The van der Waals surface area contributed by atoms with Crippen molar-refractivity contribution in [2.45, 2.75) is 12.6 Å². The SMILES string of the molecule is FC(F)(F)c1cc(Cl)cc(NCCc2cccnc2)c1. The fraction of sp³-hybridized carbons (Fsp3) is 0.214. The van der Waals surface area contributed by atoms with Gasteiger partial charge in [0.15, 0.2) is 0 Å². The number of nitrogens with zero attached hydrogens (tertiary/aromatic N) is 1. The summed E-state index contributed by atoms with van der Waals surface area (Å²) in [5.74, 6) is 0. The van der Waals surface area contributed by atoms with E-state index in [1.54, 1.807) is 12.4 Å². The lowest BCUT2D eigenvalue weighted by Gasteiger charge is -2.11. The molecule has 0 saturated heterocycles. The van der Waals surface area contributed by atoms with Crippen LogP contribution in [0.5, 0.6) is 0 Å². The molecule has 2 aromatic rings. The Labute approximate surface area is 119 Å². The zero-order chi connectivity index (χ0) is 14.6. The minimum absolute atomic E-state index is 0.0590. The molecular weight excluding hydrogens is 289 g/mol. The summed E-state index contributed by atoms with van der Waals surface area (Å²) in [6.07, 6.45) is -0.337. The molecule has 2 rings (SSSR count). The maximum Gasteiger partial charge on any atom is 0.416 e. The molecule has 6 heteroatoms. The average Bonchev–Trinajstić information content (AvgIpc) is 2.38. The molecule has 1 heterocycles. The van der Waals surface area contributed by atoms with Crippen LogP contribution < -0.4 is 5.32 Å². The van der Waals surface area contributed by atoms with Crippen LogP contribution in [0.3, 0.4) is 0 Å². The maximum absolute atomic E-state index is 12.6. The quantitative estimate of drug-likeness (QED) is 0.905. The molecule has 106 valence electrons. The highest BCUT2D eigenvalue weighted by atomic mass is 35.5. The van der Waals surface area contributed by atoms with Gasteiger partial charge in [-0.15, -0.1) is 0 Å². The summed E-state index contributed by atoms with van der Waals surface area (Å²) in [7, 11) is 0. The number of alkyl halides is 3. The Balaban J connectivity index is 2.01. The normalized spacial score (nSPS) is 11.4. The second-order valence-corrected chi connectivity index (χ2v) is 4.70. The van der Waals surface area contributed by atoms with E-state index in [0.29, 0.717) is 18.7 Å². The second kappa shape index (κ2) is 6.13. The summed E-state index contributed by atoms with van der Waals surface area (Å²) >= 11 is 5.70. The number of nitrogens with one attached hydrogen (secondary N) is 1. The lowest BCUT2D eigenvalue weighted by molar-refractivity contribution is -0.137. The molecule has 2 nitrogen and oxygen atoms in total. The van der Waals surface area contributed by atoms with Crippen molar-refractivity contribution >= 4 is 17.3 Å². The molecule has 20 heavy (non-hydrogen) atoms. The summed E-state index contributed by atoms with van der Waals surface area (Å²) in [6.45, 7) is 0.503. The molecule has 0 aliphatic rings. The van der Waals surface area contributed by atoms with E-state index in [1.807, 2.05) is 12.1 Å². The second-order valence-electron chi connectivity index (χ2n) is 4.26. The van der Waals surface area contributed by atoms with Gasteiger partial charge in [-0.1, -0.05) is 17.7 Å². The van der Waals surface area contributed by atoms with Crippen LogP contribution in [0.15, 0.2) is 42.7 Å². The van der Waals surface area contributed by atoms with E-state index in [2.05, 4.69) is 10.3 Å². The van der Waals surface area contributed by atoms with Gasteiger partial charge in [-0.2, -0.15) is 13.2 Å². The third kappa shape index (κ3) is 4.13. The summed E-state index contributed by atoms with van der Waals surface area (Å²) in [5, 5.41) is 2.99. The van der Waals surface area contributed by atoms with Crippen LogP contribution in [0.2, 0.25) is 5.02 Å². The number of pyridine rings is 1. The average molecular weight is 301 g/mol. The molecule has 0 fully saturated rings. The van der Waals surface area contributed by atoms with E-state index in [4.69, 9.17) is 11.6 Å². The van der Waals surface area contributed by atoms with E-state index in [1.165, 1.54) is 6.07 Å². The van der Waals surface area contributed by atoms with Gasteiger partial charge < -0.3 is 5.32 Å². The fourth-order valence-corrected chi connectivity index (χ4v) is 1.99. The van der Waals surface area contributed by atoms with Gasteiger partial charge in [0.05, 0.1) is 5.56 Å². The predicted octanol–water partition coefficient (Wildman–Crippen LogP) is 4.41. The topological polar surface area (TPSA) is 24.9 Å². The molecule has 0 atom stereocenters. The Kier molecular flexibility index (Phi) is 4.49. The van der Waals surface area contributed by atoms with Crippen molar-refractivity contribution in [2.24, 2.45) is 0 Å². The Morgan fingerprint density at radius 3 is 2.65 bits per heavy atom. The smallest absolute Gasteiger partial charge is 0.385 e. The molecule has 0 saturated carbocycles. The Morgan fingerprint density at radius 1 is 1.20 bits per heavy atom. The van der Waals surface area contributed by atoms with Crippen LogP contribution in [-0.4, -0.2) is 11.5 Å². The van der Waals surface area contributed by atoms with Gasteiger partial charge in [0.1, 0.15) is 0 Å². The lowest BCUT2D eigenvalue weighted by atomic mass is 10.1. The first kappa shape index (κ1) is 14.7. The lowest BCUT2D eigenvalue weighted by Crippen LogP contribution is -2.08. The molecule has 1 N–H and O–H groups in total. The van der Waals surface area contributed by atoms with Gasteiger partial charge in [0.2, 0.25) is 0 Å². The zero-order valence-electron chi connectivity index (χ0n) is 10.4. The Morgan fingerprint density at radius 2 is 2.00 bits per heavy atom. The molecule has 0 spiro atoms. The van der Waals surface area contributed by atoms with Crippen LogP contribution in [0.1, 0.15) is 11.1 Å². The molecule has 1 aromatic heterocycles. The molecule has 0 amide bonds. The van der Waals surface area contributed by atoms with Crippen molar-refractivity contribution in [1.82, 2.24) is 4.98 Å². The maximum atomic E-state index is 12.6. The largest absolute Gasteiger partial charge is 0.416 e. The highest BCUT2D eigenvalue weighted by Crippen LogP contribution is 2.33. The van der Waals surface area contributed by atoms with Crippen LogP contribution in [0, 0.1) is 0 Å². The molecule has 0 aliphatic carbocycles. The van der Waals surface area contributed by atoms with Gasteiger partial charge >= 0.3 is 6.18 Å². The molecule has 0 aliphatic heterocycles. The standard InChI is InChI=1S/C14H12ClF3N2/c15-12-6-11(14(16,17)18)7-13(8-12)20-5-3-10-2-1-4-19-9-10/h1-2,4,6-9,20H,3,5H2. The molecular formula is C14H12ClF3N2. The first-order valence-electron chi connectivity index (χ1n) is 5.96. The van der Waals surface area contributed by atoms with Gasteiger partial charge in [0.25, 0.3) is 0 Å². The summed E-state index contributed by atoms with van der Waals surface area (Å²) in [5.41, 5.74) is 0.612. The van der Waals surface area contributed by atoms with E-state index in [9.17, 15) is 13.2 Å². The fourth-order valence-electron chi connectivity index (χ4n) is 1.75. The first-order valence-corrected chi connectivity index (χ1v) is 6.33. The van der Waals surface area contributed by atoms with Crippen molar-refractivity contribution in [1.29, 1.82) is 0 Å². The monoisotopic (exact) mass is 300 g/mol. The minimum atomic E-state index is -4.40. The number of rotatable bonds is 4. The third-order valence-corrected chi connectivity index (χ3v) is 2.91. The van der Waals surface area contributed by atoms with Crippen LogP contribution in [-0.2, 0) is 12.6 Å². The molecule has 0 radical (unpaired) electrons. The first-order chi connectivity index (χ1) is 9.45. The van der Waals surface area contributed by atoms with Crippen LogP contribution in [0.4, 0.5) is 18.9 Å². The van der Waals surface area contributed by atoms with E-state index in [0.717, 1.165) is 17.7 Å². The Hall–Kier alpha value is -1.75. The minimum Gasteiger partial charge on any atom is -0.385 e. The van der Waals surface area contributed by atoms with Crippen molar-refractivity contribution < 1.29 is 13.2 Å². The van der Waals surface area contributed by atoms with Gasteiger partial charge in [-0.05, 0) is 36.2 Å². The molecule has 0 bridgehead atoms. The molecule has 0 unspecified atom stereocenters. The number of benzene rings is 1. The van der Waals surface area contributed by atoms with Crippen molar-refractivity contribution in [3.05, 3.63) is 58.9 Å². The number of hydrogen-bond donors (Lipinski definition) is 1.